The lowest BCUT2D eigenvalue weighted by Crippen LogP contribution is -2.48. The molecule has 1 aliphatic heterocycles. The molecule has 6 nitrogen and oxygen atoms in total. The average molecular weight is 263 g/mol. The van der Waals surface area contributed by atoms with Gasteiger partial charge in [0.1, 0.15) is 18.0 Å². The summed E-state index contributed by atoms with van der Waals surface area (Å²) in [7, 11) is 0. The number of anilines is 2. The maximum absolute atomic E-state index is 11.5. The van der Waals surface area contributed by atoms with Crippen LogP contribution in [-0.4, -0.2) is 42.1 Å². The van der Waals surface area contributed by atoms with E-state index in [-0.39, 0.29) is 5.91 Å². The third-order valence-corrected chi connectivity index (χ3v) is 3.16. The molecule has 0 atom stereocenters. The standard InChI is InChI=1S/C13H21N5O/c1-3-5-15-12-10(4-2)13(17-9-16-12)18-7-6-14-11(19)8-18/h9H,3-8H2,1-2H3,(H,14,19)(H,15,16,17). The summed E-state index contributed by atoms with van der Waals surface area (Å²) >= 11 is 0. The lowest BCUT2D eigenvalue weighted by Gasteiger charge is -2.29. The van der Waals surface area contributed by atoms with E-state index in [1.807, 2.05) is 4.90 Å². The highest BCUT2D eigenvalue weighted by atomic mass is 16.2. The summed E-state index contributed by atoms with van der Waals surface area (Å²) in [5.41, 5.74) is 1.09. The van der Waals surface area contributed by atoms with Crippen LogP contribution in [0.5, 0.6) is 0 Å². The number of hydrogen-bond donors (Lipinski definition) is 2. The molecule has 2 rings (SSSR count). The largest absolute Gasteiger partial charge is 0.370 e. The van der Waals surface area contributed by atoms with E-state index in [0.29, 0.717) is 13.1 Å². The van der Waals surface area contributed by atoms with Gasteiger partial charge in [0.15, 0.2) is 0 Å². The van der Waals surface area contributed by atoms with E-state index in [1.54, 1.807) is 6.33 Å². The minimum Gasteiger partial charge on any atom is -0.370 e. The van der Waals surface area contributed by atoms with Crippen LogP contribution in [0.3, 0.4) is 0 Å². The van der Waals surface area contributed by atoms with Gasteiger partial charge in [0.2, 0.25) is 5.91 Å². The summed E-state index contributed by atoms with van der Waals surface area (Å²) in [6.45, 7) is 6.94. The molecule has 1 amide bonds. The van der Waals surface area contributed by atoms with Crippen molar-refractivity contribution in [3.8, 4) is 0 Å². The van der Waals surface area contributed by atoms with E-state index in [4.69, 9.17) is 0 Å². The van der Waals surface area contributed by atoms with Gasteiger partial charge in [-0.05, 0) is 12.8 Å². The van der Waals surface area contributed by atoms with Crippen LogP contribution in [0.1, 0.15) is 25.8 Å². The second-order valence-electron chi connectivity index (χ2n) is 4.58. The smallest absolute Gasteiger partial charge is 0.239 e. The Morgan fingerprint density at radius 2 is 2.26 bits per heavy atom. The van der Waals surface area contributed by atoms with E-state index < -0.39 is 0 Å². The molecule has 1 aromatic heterocycles. The predicted molar refractivity (Wildman–Crippen MR) is 75.4 cm³/mol. The lowest BCUT2D eigenvalue weighted by atomic mass is 10.2. The fraction of sp³-hybridized carbons (Fsp3) is 0.615. The highest BCUT2D eigenvalue weighted by Crippen LogP contribution is 2.24. The first kappa shape index (κ1) is 13.6. The number of amides is 1. The van der Waals surface area contributed by atoms with Crippen molar-refractivity contribution in [3.63, 3.8) is 0 Å². The molecule has 0 unspecified atom stereocenters. The van der Waals surface area contributed by atoms with Crippen molar-refractivity contribution >= 4 is 17.5 Å². The topological polar surface area (TPSA) is 70.2 Å². The van der Waals surface area contributed by atoms with Crippen LogP contribution in [0.4, 0.5) is 11.6 Å². The molecular weight excluding hydrogens is 242 g/mol. The summed E-state index contributed by atoms with van der Waals surface area (Å²) in [4.78, 5) is 22.2. The normalized spacial score (nSPS) is 15.3. The zero-order valence-corrected chi connectivity index (χ0v) is 11.6. The molecule has 0 radical (unpaired) electrons. The van der Waals surface area contributed by atoms with E-state index in [0.717, 1.165) is 43.1 Å². The van der Waals surface area contributed by atoms with Crippen LogP contribution < -0.4 is 15.5 Å². The molecule has 1 fully saturated rings. The first-order valence-corrected chi connectivity index (χ1v) is 6.85. The fourth-order valence-electron chi connectivity index (χ4n) is 2.22. The Morgan fingerprint density at radius 1 is 1.42 bits per heavy atom. The SMILES string of the molecule is CCCNc1ncnc(N2CCNC(=O)C2)c1CC. The third-order valence-electron chi connectivity index (χ3n) is 3.16. The molecule has 1 aromatic rings. The van der Waals surface area contributed by atoms with Crippen molar-refractivity contribution in [1.29, 1.82) is 0 Å². The molecule has 1 aliphatic rings. The van der Waals surface area contributed by atoms with Gasteiger partial charge in [-0.1, -0.05) is 13.8 Å². The Kier molecular flexibility index (Phi) is 4.54. The Hall–Kier alpha value is -1.85. The Morgan fingerprint density at radius 3 is 2.95 bits per heavy atom. The first-order chi connectivity index (χ1) is 9.26. The van der Waals surface area contributed by atoms with Crippen LogP contribution in [0, 0.1) is 0 Å². The molecule has 0 spiro atoms. The molecular formula is C13H21N5O. The molecule has 2 N–H and O–H groups in total. The number of aromatic nitrogens is 2. The van der Waals surface area contributed by atoms with Crippen molar-refractivity contribution in [1.82, 2.24) is 15.3 Å². The summed E-state index contributed by atoms with van der Waals surface area (Å²) in [6.07, 6.45) is 3.47. The quantitative estimate of drug-likeness (QED) is 0.822. The van der Waals surface area contributed by atoms with Crippen LogP contribution >= 0.6 is 0 Å². The Bertz CT molecular complexity index is 449. The molecule has 0 aromatic carbocycles. The number of nitrogens with zero attached hydrogens (tertiary/aromatic N) is 3. The average Bonchev–Trinajstić information content (AvgIpc) is 2.44. The van der Waals surface area contributed by atoms with Gasteiger partial charge in [0, 0.05) is 25.2 Å². The van der Waals surface area contributed by atoms with Crippen LogP contribution in [0.2, 0.25) is 0 Å². The van der Waals surface area contributed by atoms with Gasteiger partial charge < -0.3 is 15.5 Å². The molecule has 19 heavy (non-hydrogen) atoms. The zero-order valence-electron chi connectivity index (χ0n) is 11.6. The maximum atomic E-state index is 11.5. The summed E-state index contributed by atoms with van der Waals surface area (Å²) < 4.78 is 0. The number of hydrogen-bond acceptors (Lipinski definition) is 5. The molecule has 2 heterocycles. The lowest BCUT2D eigenvalue weighted by molar-refractivity contribution is -0.120. The van der Waals surface area contributed by atoms with Crippen LogP contribution in [0.25, 0.3) is 0 Å². The van der Waals surface area contributed by atoms with E-state index in [1.165, 1.54) is 0 Å². The maximum Gasteiger partial charge on any atom is 0.239 e. The second-order valence-corrected chi connectivity index (χ2v) is 4.58. The summed E-state index contributed by atoms with van der Waals surface area (Å²) in [5.74, 6) is 1.82. The Labute approximate surface area is 113 Å². The van der Waals surface area contributed by atoms with Gasteiger partial charge in [-0.15, -0.1) is 0 Å². The van der Waals surface area contributed by atoms with Gasteiger partial charge in [0.25, 0.3) is 0 Å². The van der Waals surface area contributed by atoms with Gasteiger partial charge in [-0.25, -0.2) is 9.97 Å². The molecule has 0 saturated carbocycles. The number of nitrogens with one attached hydrogen (secondary N) is 2. The van der Waals surface area contributed by atoms with E-state index in [9.17, 15) is 4.79 Å². The van der Waals surface area contributed by atoms with Gasteiger partial charge >= 0.3 is 0 Å². The van der Waals surface area contributed by atoms with Gasteiger partial charge in [-0.3, -0.25) is 4.79 Å². The second kappa shape index (κ2) is 6.36. The van der Waals surface area contributed by atoms with E-state index >= 15 is 0 Å². The Balaban J connectivity index is 2.25. The minimum atomic E-state index is 0.0509. The monoisotopic (exact) mass is 263 g/mol. The van der Waals surface area contributed by atoms with Gasteiger partial charge in [0.05, 0.1) is 6.54 Å². The first-order valence-electron chi connectivity index (χ1n) is 6.85. The van der Waals surface area contributed by atoms with Crippen LogP contribution in [0.15, 0.2) is 6.33 Å². The molecule has 104 valence electrons. The summed E-state index contributed by atoms with van der Waals surface area (Å²) in [5, 5.41) is 6.15. The number of carbonyl (C=O) groups excluding carboxylic acids is 1. The highest BCUT2D eigenvalue weighted by molar-refractivity contribution is 5.82. The van der Waals surface area contributed by atoms with E-state index in [2.05, 4.69) is 34.4 Å². The van der Waals surface area contributed by atoms with Gasteiger partial charge in [-0.2, -0.15) is 0 Å². The highest BCUT2D eigenvalue weighted by Gasteiger charge is 2.21. The minimum absolute atomic E-state index is 0.0509. The summed E-state index contributed by atoms with van der Waals surface area (Å²) in [6, 6.07) is 0. The number of piperazine rings is 1. The fourth-order valence-corrected chi connectivity index (χ4v) is 2.22. The van der Waals surface area contributed by atoms with Crippen molar-refractivity contribution in [2.45, 2.75) is 26.7 Å². The van der Waals surface area contributed by atoms with Crippen molar-refractivity contribution in [2.24, 2.45) is 0 Å². The predicted octanol–water partition coefficient (Wildman–Crippen LogP) is 0.797. The van der Waals surface area contributed by atoms with Crippen molar-refractivity contribution in [3.05, 3.63) is 11.9 Å². The third kappa shape index (κ3) is 3.13. The number of rotatable bonds is 5. The molecule has 0 aliphatic carbocycles. The number of carbonyl (C=O) groups is 1. The molecule has 1 saturated heterocycles. The molecule has 6 heteroatoms. The van der Waals surface area contributed by atoms with Crippen LogP contribution in [-0.2, 0) is 11.2 Å². The zero-order chi connectivity index (χ0) is 13.7. The van der Waals surface area contributed by atoms with Crippen molar-refractivity contribution in [2.75, 3.05) is 36.4 Å². The molecule has 0 bridgehead atoms. The van der Waals surface area contributed by atoms with Crippen molar-refractivity contribution < 1.29 is 4.79 Å².